The topological polar surface area (TPSA) is 72.6 Å². The number of hydrogen-bond donors (Lipinski definition) is 2. The molecule has 1 rings (SSSR count). The van der Waals surface area contributed by atoms with Gasteiger partial charge >= 0.3 is 5.97 Å². The first kappa shape index (κ1) is 29.5. The van der Waals surface area contributed by atoms with Gasteiger partial charge in [-0.1, -0.05) is 72.3 Å². The van der Waals surface area contributed by atoms with Crippen molar-refractivity contribution in [1.82, 2.24) is 0 Å². The lowest BCUT2D eigenvalue weighted by molar-refractivity contribution is -0.150. The van der Waals surface area contributed by atoms with Crippen LogP contribution >= 0.6 is 0 Å². The number of carbonyl (C=O) groups is 1. The average Bonchev–Trinajstić information content (AvgIpc) is 2.76. The molecule has 0 radical (unpaired) electrons. The first-order chi connectivity index (χ1) is 15.4. The van der Waals surface area contributed by atoms with E-state index >= 15 is 0 Å². The number of carbonyl (C=O) groups excluding carboxylic acids is 1. The highest BCUT2D eigenvalue weighted by Gasteiger charge is 2.37. The molecule has 0 aliphatic heterocycles. The standard InChI is InChI=1S/C29H51NO3/c1-8-10-11-12-22(3)27(30)17-20-29(7,9-2)19-15-25(32)14-13-24-21-26(33-23(4)31)16-18-28(24,5)6/h11-12,17,24-26,32H,3,8-10,13-16,18-21,30H2,1-2,4-7H3/b12-11-,27-17+. The Labute approximate surface area is 203 Å². The maximum absolute atomic E-state index is 11.4. The summed E-state index contributed by atoms with van der Waals surface area (Å²) >= 11 is 0. The molecule has 1 aliphatic carbocycles. The van der Waals surface area contributed by atoms with E-state index in [9.17, 15) is 9.90 Å². The van der Waals surface area contributed by atoms with E-state index in [1.165, 1.54) is 6.92 Å². The number of hydrogen-bond acceptors (Lipinski definition) is 4. The summed E-state index contributed by atoms with van der Waals surface area (Å²) in [6.07, 6.45) is 16.5. The van der Waals surface area contributed by atoms with Gasteiger partial charge in [0.05, 0.1) is 6.10 Å². The van der Waals surface area contributed by atoms with Crippen molar-refractivity contribution in [2.24, 2.45) is 22.5 Å². The van der Waals surface area contributed by atoms with Gasteiger partial charge < -0.3 is 15.6 Å². The lowest BCUT2D eigenvalue weighted by Crippen LogP contribution is -2.36. The number of esters is 1. The van der Waals surface area contributed by atoms with Crippen LogP contribution in [-0.4, -0.2) is 23.3 Å². The fourth-order valence-electron chi connectivity index (χ4n) is 4.79. The van der Waals surface area contributed by atoms with Crippen LogP contribution in [0.25, 0.3) is 0 Å². The molecule has 0 heterocycles. The summed E-state index contributed by atoms with van der Waals surface area (Å²) in [5.74, 6) is 0.282. The van der Waals surface area contributed by atoms with E-state index in [-0.39, 0.29) is 29.0 Å². The van der Waals surface area contributed by atoms with Gasteiger partial charge in [0.15, 0.2) is 0 Å². The quantitative estimate of drug-likeness (QED) is 0.211. The minimum absolute atomic E-state index is 0.0323. The molecule has 1 aliphatic rings. The Balaban J connectivity index is 2.55. The first-order valence-electron chi connectivity index (χ1n) is 13.1. The van der Waals surface area contributed by atoms with E-state index in [1.807, 2.05) is 6.08 Å². The van der Waals surface area contributed by atoms with Crippen molar-refractivity contribution in [3.05, 3.63) is 36.1 Å². The summed E-state index contributed by atoms with van der Waals surface area (Å²) in [6, 6.07) is 0. The Bertz CT molecular complexity index is 678. The minimum Gasteiger partial charge on any atom is -0.463 e. The van der Waals surface area contributed by atoms with E-state index < -0.39 is 0 Å². The van der Waals surface area contributed by atoms with Crippen molar-refractivity contribution in [3.63, 3.8) is 0 Å². The second-order valence-corrected chi connectivity index (χ2v) is 11.2. The number of aliphatic hydroxyl groups excluding tert-OH is 1. The van der Waals surface area contributed by atoms with Crippen LogP contribution in [0.3, 0.4) is 0 Å². The van der Waals surface area contributed by atoms with Crippen molar-refractivity contribution < 1.29 is 14.6 Å². The number of nitrogens with two attached hydrogens (primary N) is 1. The maximum atomic E-state index is 11.4. The molecular weight excluding hydrogens is 410 g/mol. The molecule has 190 valence electrons. The van der Waals surface area contributed by atoms with Crippen LogP contribution in [0.15, 0.2) is 36.1 Å². The highest BCUT2D eigenvalue weighted by atomic mass is 16.5. The SMILES string of the molecule is C=C(/C=C\CCC)/C(N)=C\CC(C)(CC)CCC(O)CCC1CC(OC(C)=O)CCC1(C)C. The van der Waals surface area contributed by atoms with Crippen molar-refractivity contribution in [2.45, 2.75) is 124 Å². The van der Waals surface area contributed by atoms with Gasteiger partial charge in [0.25, 0.3) is 0 Å². The molecular formula is C29H51NO3. The molecule has 0 aromatic heterocycles. The Kier molecular flexibility index (Phi) is 12.5. The predicted molar refractivity (Wildman–Crippen MR) is 140 cm³/mol. The van der Waals surface area contributed by atoms with Crippen LogP contribution < -0.4 is 5.73 Å². The van der Waals surface area contributed by atoms with Crippen LogP contribution in [0, 0.1) is 16.7 Å². The number of allylic oxidation sites excluding steroid dienone is 3. The lowest BCUT2D eigenvalue weighted by Gasteiger charge is -2.42. The molecule has 4 unspecified atom stereocenters. The van der Waals surface area contributed by atoms with E-state index in [1.54, 1.807) is 0 Å². The molecule has 0 aromatic carbocycles. The average molecular weight is 462 g/mol. The summed E-state index contributed by atoms with van der Waals surface area (Å²) in [5, 5.41) is 10.8. The Hall–Kier alpha value is -1.55. The highest BCUT2D eigenvalue weighted by Crippen LogP contribution is 2.44. The second-order valence-electron chi connectivity index (χ2n) is 11.2. The zero-order valence-electron chi connectivity index (χ0n) is 22.3. The van der Waals surface area contributed by atoms with E-state index in [0.29, 0.717) is 5.92 Å². The van der Waals surface area contributed by atoms with Crippen molar-refractivity contribution in [1.29, 1.82) is 0 Å². The van der Waals surface area contributed by atoms with Gasteiger partial charge in [-0.2, -0.15) is 0 Å². The molecule has 0 bridgehead atoms. The smallest absolute Gasteiger partial charge is 0.302 e. The molecule has 1 saturated carbocycles. The summed E-state index contributed by atoms with van der Waals surface area (Å²) in [6.45, 7) is 16.8. The third-order valence-corrected chi connectivity index (χ3v) is 7.84. The second kappa shape index (κ2) is 14.0. The summed E-state index contributed by atoms with van der Waals surface area (Å²) in [5.41, 5.74) is 8.22. The molecule has 33 heavy (non-hydrogen) atoms. The van der Waals surface area contributed by atoms with Gasteiger partial charge in [-0.05, 0) is 80.1 Å². The summed E-state index contributed by atoms with van der Waals surface area (Å²) in [4.78, 5) is 11.4. The fourth-order valence-corrected chi connectivity index (χ4v) is 4.79. The van der Waals surface area contributed by atoms with Gasteiger partial charge in [-0.25, -0.2) is 0 Å². The Morgan fingerprint density at radius 2 is 2.03 bits per heavy atom. The van der Waals surface area contributed by atoms with Crippen LogP contribution in [0.2, 0.25) is 0 Å². The monoisotopic (exact) mass is 461 g/mol. The molecule has 4 atom stereocenters. The largest absolute Gasteiger partial charge is 0.463 e. The third-order valence-electron chi connectivity index (χ3n) is 7.84. The lowest BCUT2D eigenvalue weighted by atomic mass is 9.66. The summed E-state index contributed by atoms with van der Waals surface area (Å²) < 4.78 is 5.49. The summed E-state index contributed by atoms with van der Waals surface area (Å²) in [7, 11) is 0. The van der Waals surface area contributed by atoms with Crippen LogP contribution in [-0.2, 0) is 9.53 Å². The Morgan fingerprint density at radius 1 is 1.33 bits per heavy atom. The molecule has 0 spiro atoms. The molecule has 0 aromatic rings. The minimum atomic E-state index is -0.297. The van der Waals surface area contributed by atoms with Crippen molar-refractivity contribution in [3.8, 4) is 0 Å². The van der Waals surface area contributed by atoms with E-state index in [4.69, 9.17) is 10.5 Å². The van der Waals surface area contributed by atoms with E-state index in [2.05, 4.69) is 53.3 Å². The van der Waals surface area contributed by atoms with Gasteiger partial charge in [0.2, 0.25) is 0 Å². The highest BCUT2D eigenvalue weighted by molar-refractivity contribution is 5.66. The van der Waals surface area contributed by atoms with Crippen LogP contribution in [0.1, 0.15) is 112 Å². The molecule has 3 N–H and O–H groups in total. The number of aliphatic hydroxyl groups is 1. The Morgan fingerprint density at radius 3 is 2.64 bits per heavy atom. The van der Waals surface area contributed by atoms with Crippen molar-refractivity contribution >= 4 is 5.97 Å². The zero-order valence-corrected chi connectivity index (χ0v) is 22.3. The number of rotatable bonds is 14. The van der Waals surface area contributed by atoms with E-state index in [0.717, 1.165) is 81.9 Å². The zero-order chi connectivity index (χ0) is 25.1. The number of unbranched alkanes of at least 4 members (excludes halogenated alkanes) is 1. The predicted octanol–water partition coefficient (Wildman–Crippen LogP) is 7.23. The van der Waals surface area contributed by atoms with Gasteiger partial charge in [-0.15, -0.1) is 0 Å². The molecule has 4 nitrogen and oxygen atoms in total. The molecule has 0 amide bonds. The fraction of sp³-hybridized carbons (Fsp3) is 0.759. The third kappa shape index (κ3) is 10.9. The normalized spacial score (nSPS) is 23.8. The van der Waals surface area contributed by atoms with Crippen molar-refractivity contribution in [2.75, 3.05) is 0 Å². The van der Waals surface area contributed by atoms with Gasteiger partial charge in [0, 0.05) is 12.6 Å². The molecule has 1 fully saturated rings. The molecule has 4 heteroatoms. The maximum Gasteiger partial charge on any atom is 0.302 e. The first-order valence-corrected chi connectivity index (χ1v) is 13.1. The number of ether oxygens (including phenoxy) is 1. The van der Waals surface area contributed by atoms with Crippen LogP contribution in [0.5, 0.6) is 0 Å². The van der Waals surface area contributed by atoms with Gasteiger partial charge in [-0.3, -0.25) is 4.79 Å². The molecule has 0 saturated heterocycles. The van der Waals surface area contributed by atoms with Crippen LogP contribution in [0.4, 0.5) is 0 Å². The van der Waals surface area contributed by atoms with Gasteiger partial charge in [0.1, 0.15) is 6.10 Å².